The fourth-order valence-corrected chi connectivity index (χ4v) is 11.4. The molecule has 0 aliphatic rings. The lowest BCUT2D eigenvalue weighted by atomic mass is 9.87. The summed E-state index contributed by atoms with van der Waals surface area (Å²) < 4.78 is 4.76. The van der Waals surface area contributed by atoms with Crippen molar-refractivity contribution in [2.45, 2.75) is 0 Å². The van der Waals surface area contributed by atoms with Crippen LogP contribution in [0.5, 0.6) is 0 Å². The molecule has 4 nitrogen and oxygen atoms in total. The molecule has 0 saturated carbocycles. The van der Waals surface area contributed by atoms with Crippen molar-refractivity contribution < 1.29 is 0 Å². The van der Waals surface area contributed by atoms with Gasteiger partial charge in [0.25, 0.3) is 0 Å². The van der Waals surface area contributed by atoms with E-state index < -0.39 is 0 Å². The van der Waals surface area contributed by atoms with Crippen molar-refractivity contribution in [3.63, 3.8) is 0 Å². The van der Waals surface area contributed by atoms with Crippen LogP contribution in [0.1, 0.15) is 0 Å². The molecule has 15 aromatic rings. The molecular weight excluding hydrogens is 777 g/mol. The third kappa shape index (κ3) is 4.46. The number of hydrogen-bond acceptors (Lipinski definition) is 2. The molecule has 294 valence electrons. The molecule has 0 radical (unpaired) electrons. The Morgan fingerprint density at radius 1 is 0.281 bits per heavy atom. The summed E-state index contributed by atoms with van der Waals surface area (Å²) in [7, 11) is 0. The van der Waals surface area contributed by atoms with Gasteiger partial charge in [0.1, 0.15) is 0 Å². The van der Waals surface area contributed by atoms with Gasteiger partial charge in [-0.1, -0.05) is 158 Å². The summed E-state index contributed by atoms with van der Waals surface area (Å²) in [6, 6.07) is 75.4. The Bertz CT molecular complexity index is 4480. The number of para-hydroxylation sites is 4. The first-order valence-electron chi connectivity index (χ1n) is 22.0. The summed E-state index contributed by atoms with van der Waals surface area (Å²) in [6.07, 6.45) is 0. The number of aromatic nitrogens is 4. The van der Waals surface area contributed by atoms with Crippen LogP contribution in [0.25, 0.3) is 142 Å². The Morgan fingerprint density at radius 3 is 1.53 bits per heavy atom. The molecule has 3 aromatic heterocycles. The van der Waals surface area contributed by atoms with Crippen LogP contribution >= 0.6 is 0 Å². The first-order valence-corrected chi connectivity index (χ1v) is 22.0. The molecule has 0 amide bonds. The van der Waals surface area contributed by atoms with E-state index in [-0.39, 0.29) is 0 Å². The van der Waals surface area contributed by atoms with Gasteiger partial charge in [0, 0.05) is 38.2 Å². The molecule has 0 N–H and O–H groups in total. The van der Waals surface area contributed by atoms with E-state index in [9.17, 15) is 0 Å². The highest BCUT2D eigenvalue weighted by atomic mass is 15.2. The normalized spacial score (nSPS) is 12.4. The van der Waals surface area contributed by atoms with Crippen molar-refractivity contribution in [1.29, 1.82) is 0 Å². The van der Waals surface area contributed by atoms with Crippen molar-refractivity contribution in [2.75, 3.05) is 0 Å². The summed E-state index contributed by atoms with van der Waals surface area (Å²) >= 11 is 0. The second kappa shape index (κ2) is 12.5. The van der Waals surface area contributed by atoms with Crippen LogP contribution in [0.15, 0.2) is 206 Å². The highest BCUT2D eigenvalue weighted by molar-refractivity contribution is 6.41. The molecule has 0 bridgehead atoms. The average Bonchev–Trinajstić information content (AvgIpc) is 3.88. The van der Waals surface area contributed by atoms with E-state index in [4.69, 9.17) is 9.97 Å². The molecule has 0 fully saturated rings. The number of benzene rings is 12. The molecule has 12 aromatic carbocycles. The minimum atomic E-state index is 0.655. The van der Waals surface area contributed by atoms with Gasteiger partial charge in [-0.3, -0.25) is 4.57 Å². The summed E-state index contributed by atoms with van der Waals surface area (Å²) in [5, 5.41) is 21.0. The highest BCUT2D eigenvalue weighted by Gasteiger charge is 2.24. The average molecular weight is 811 g/mol. The molecule has 3 heterocycles. The van der Waals surface area contributed by atoms with Gasteiger partial charge in [-0.15, -0.1) is 0 Å². The van der Waals surface area contributed by atoms with Gasteiger partial charge in [-0.25, -0.2) is 9.97 Å². The van der Waals surface area contributed by atoms with Gasteiger partial charge >= 0.3 is 0 Å². The van der Waals surface area contributed by atoms with E-state index in [1.165, 1.54) is 97.2 Å². The standard InChI is InChI=1S/C60H34N4/c1-2-15-38(16-3-1)63-51-26-10-7-19-44(51)57-46-23-12-21-41-42-22-13-24-47-56(42)49(48(55(41)46)33-53(57)63)34-54-58(47)45-20-8-11-27-52(45)64(54)60-61-50-25-9-6-18-43(50)59(62-60)37-30-31-40-36(32-37)29-28-35-14-4-5-17-39(35)40/h1-34H. The van der Waals surface area contributed by atoms with E-state index >= 15 is 0 Å². The molecule has 0 aliphatic carbocycles. The molecule has 0 spiro atoms. The van der Waals surface area contributed by atoms with Crippen molar-refractivity contribution >= 4 is 119 Å². The lowest BCUT2D eigenvalue weighted by Crippen LogP contribution is -2.03. The molecular formula is C60H34N4. The zero-order valence-electron chi connectivity index (χ0n) is 34.4. The number of nitrogens with zero attached hydrogens (tertiary/aromatic N) is 4. The third-order valence-corrected chi connectivity index (χ3v) is 14.0. The largest absolute Gasteiger partial charge is 0.309 e. The molecule has 0 unspecified atom stereocenters. The van der Waals surface area contributed by atoms with Crippen molar-refractivity contribution in [3.05, 3.63) is 206 Å². The number of rotatable bonds is 3. The lowest BCUT2D eigenvalue weighted by molar-refractivity contribution is 1.01. The smallest absolute Gasteiger partial charge is 0.235 e. The van der Waals surface area contributed by atoms with Crippen LogP contribution in [0.4, 0.5) is 0 Å². The SMILES string of the molecule is c1ccc(-n2c3ccccc3c3c4cccc5c6cccc7c6c(cc6c7c7ccccc7n6-c6nc(-c7ccc8c(ccc9ccccc98)c7)c7ccccc7n6)c(cc32)c54)cc1. The minimum absolute atomic E-state index is 0.655. The summed E-state index contributed by atoms with van der Waals surface area (Å²) in [6.45, 7) is 0. The van der Waals surface area contributed by atoms with Crippen molar-refractivity contribution in [3.8, 4) is 22.9 Å². The monoisotopic (exact) mass is 810 g/mol. The summed E-state index contributed by atoms with van der Waals surface area (Å²) in [4.78, 5) is 11.0. The quantitative estimate of drug-likeness (QED) is 0.132. The van der Waals surface area contributed by atoms with E-state index in [2.05, 4.69) is 215 Å². The second-order valence-electron chi connectivity index (χ2n) is 17.2. The third-order valence-electron chi connectivity index (χ3n) is 14.0. The van der Waals surface area contributed by atoms with E-state index in [0.29, 0.717) is 5.95 Å². The highest BCUT2D eigenvalue weighted by Crippen LogP contribution is 2.49. The van der Waals surface area contributed by atoms with E-state index in [0.717, 1.165) is 38.9 Å². The first-order chi connectivity index (χ1) is 31.8. The Labute approximate surface area is 365 Å². The minimum Gasteiger partial charge on any atom is -0.309 e. The van der Waals surface area contributed by atoms with Crippen molar-refractivity contribution in [2.24, 2.45) is 0 Å². The van der Waals surface area contributed by atoms with Crippen LogP contribution in [0.2, 0.25) is 0 Å². The van der Waals surface area contributed by atoms with E-state index in [1.807, 2.05) is 0 Å². The lowest BCUT2D eigenvalue weighted by Gasteiger charge is -2.17. The zero-order chi connectivity index (χ0) is 41.6. The molecule has 0 aliphatic heterocycles. The van der Waals surface area contributed by atoms with Gasteiger partial charge in [0.15, 0.2) is 0 Å². The van der Waals surface area contributed by atoms with Crippen LogP contribution < -0.4 is 0 Å². The Hall–Kier alpha value is -8.60. The Balaban J connectivity index is 1.08. The molecule has 0 atom stereocenters. The van der Waals surface area contributed by atoms with Gasteiger partial charge in [-0.05, 0) is 113 Å². The zero-order valence-corrected chi connectivity index (χ0v) is 34.4. The van der Waals surface area contributed by atoms with Gasteiger partial charge in [0.2, 0.25) is 5.95 Å². The molecule has 15 rings (SSSR count). The fourth-order valence-electron chi connectivity index (χ4n) is 11.4. The Kier molecular flexibility index (Phi) is 6.65. The Morgan fingerprint density at radius 2 is 0.812 bits per heavy atom. The maximum absolute atomic E-state index is 5.58. The maximum Gasteiger partial charge on any atom is 0.235 e. The summed E-state index contributed by atoms with van der Waals surface area (Å²) in [5.74, 6) is 0.655. The predicted octanol–water partition coefficient (Wildman–Crippen LogP) is 15.8. The number of fused-ring (bicyclic) bond motifs is 14. The van der Waals surface area contributed by atoms with Crippen molar-refractivity contribution in [1.82, 2.24) is 19.1 Å². The summed E-state index contributed by atoms with van der Waals surface area (Å²) in [5.41, 5.74) is 8.61. The van der Waals surface area contributed by atoms with Gasteiger partial charge < -0.3 is 4.57 Å². The molecule has 4 heteroatoms. The predicted molar refractivity (Wildman–Crippen MR) is 270 cm³/mol. The fraction of sp³-hybridized carbons (Fsp3) is 0. The van der Waals surface area contributed by atoms with E-state index in [1.54, 1.807) is 0 Å². The first kappa shape index (κ1) is 34.0. The van der Waals surface area contributed by atoms with Crippen LogP contribution in [-0.2, 0) is 0 Å². The molecule has 0 saturated heterocycles. The van der Waals surface area contributed by atoms with Crippen LogP contribution in [0.3, 0.4) is 0 Å². The maximum atomic E-state index is 5.58. The van der Waals surface area contributed by atoms with Crippen LogP contribution in [0, 0.1) is 0 Å². The van der Waals surface area contributed by atoms with Gasteiger partial charge in [-0.2, -0.15) is 0 Å². The molecule has 64 heavy (non-hydrogen) atoms. The number of hydrogen-bond donors (Lipinski definition) is 0. The van der Waals surface area contributed by atoms with Crippen LogP contribution in [-0.4, -0.2) is 19.1 Å². The van der Waals surface area contributed by atoms with Gasteiger partial charge in [0.05, 0.1) is 33.3 Å². The topological polar surface area (TPSA) is 35.6 Å². The second-order valence-corrected chi connectivity index (χ2v) is 17.2.